The molecule has 30 heavy (non-hydrogen) atoms. The number of thiazole rings is 1. The number of thioether (sulfide) groups is 1. The molecule has 0 radical (unpaired) electrons. The van der Waals surface area contributed by atoms with Gasteiger partial charge in [0.25, 0.3) is 5.91 Å². The smallest absolute Gasteiger partial charge is 0.252 e. The highest BCUT2D eigenvalue weighted by Gasteiger charge is 2.16. The Labute approximate surface area is 190 Å². The molecule has 0 aliphatic carbocycles. The van der Waals surface area contributed by atoms with Crippen LogP contribution in [-0.4, -0.2) is 37.3 Å². The van der Waals surface area contributed by atoms with Gasteiger partial charge in [0.2, 0.25) is 5.91 Å². The molecule has 11 heteroatoms. The lowest BCUT2D eigenvalue weighted by Gasteiger charge is -2.09. The van der Waals surface area contributed by atoms with E-state index in [2.05, 4.69) is 48.3 Å². The largest absolute Gasteiger partial charge is 0.345 e. The Bertz CT molecular complexity index is 1060. The van der Waals surface area contributed by atoms with Gasteiger partial charge in [-0.05, 0) is 35.0 Å². The van der Waals surface area contributed by atoms with Gasteiger partial charge in [0.1, 0.15) is 0 Å². The summed E-state index contributed by atoms with van der Waals surface area (Å²) in [6, 6.07) is 7.18. The van der Waals surface area contributed by atoms with Gasteiger partial charge in [0, 0.05) is 16.4 Å². The van der Waals surface area contributed by atoms with E-state index in [1.807, 2.05) is 29.0 Å². The molecule has 8 nitrogen and oxygen atoms in total. The maximum Gasteiger partial charge on any atom is 0.252 e. The second kappa shape index (κ2) is 10.5. The molecule has 0 spiro atoms. The minimum absolute atomic E-state index is 0.164. The predicted octanol–water partition coefficient (Wildman–Crippen LogP) is 3.65. The van der Waals surface area contributed by atoms with Gasteiger partial charge < -0.3 is 15.2 Å². The highest BCUT2D eigenvalue weighted by molar-refractivity contribution is 9.10. The first kappa shape index (κ1) is 22.2. The fourth-order valence-electron chi connectivity index (χ4n) is 2.47. The third kappa shape index (κ3) is 5.77. The summed E-state index contributed by atoms with van der Waals surface area (Å²) in [7, 11) is 0. The number of hydrogen-bond donors (Lipinski definition) is 2. The molecule has 0 bridgehead atoms. The van der Waals surface area contributed by atoms with Gasteiger partial charge >= 0.3 is 0 Å². The van der Waals surface area contributed by atoms with Gasteiger partial charge in [0.05, 0.1) is 23.6 Å². The van der Waals surface area contributed by atoms with Crippen molar-refractivity contribution < 1.29 is 9.59 Å². The fourth-order valence-corrected chi connectivity index (χ4v) is 4.40. The lowest BCUT2D eigenvalue weighted by molar-refractivity contribution is -0.113. The Balaban J connectivity index is 1.61. The zero-order chi connectivity index (χ0) is 21.5. The maximum absolute atomic E-state index is 12.4. The number of aromatic nitrogens is 4. The second-order valence-corrected chi connectivity index (χ2v) is 8.75. The van der Waals surface area contributed by atoms with E-state index in [1.165, 1.54) is 23.1 Å². The van der Waals surface area contributed by atoms with Crippen LogP contribution in [0.3, 0.4) is 0 Å². The molecule has 2 aromatic heterocycles. The molecule has 0 unspecified atom stereocenters. The van der Waals surface area contributed by atoms with Crippen molar-refractivity contribution in [1.29, 1.82) is 0 Å². The summed E-state index contributed by atoms with van der Waals surface area (Å²) in [6.45, 7) is 6.29. The van der Waals surface area contributed by atoms with Crippen molar-refractivity contribution in [3.05, 3.63) is 63.9 Å². The molecule has 2 amide bonds. The van der Waals surface area contributed by atoms with Crippen molar-refractivity contribution in [3.8, 4) is 0 Å². The van der Waals surface area contributed by atoms with Gasteiger partial charge in [-0.25, -0.2) is 4.98 Å². The number of halogens is 1. The quantitative estimate of drug-likeness (QED) is 0.339. The lowest BCUT2D eigenvalue weighted by atomic mass is 10.2. The summed E-state index contributed by atoms with van der Waals surface area (Å²) in [5, 5.41) is 17.0. The monoisotopic (exact) mass is 506 g/mol. The number of nitrogens with zero attached hydrogens (tertiary/aromatic N) is 4. The van der Waals surface area contributed by atoms with Crippen molar-refractivity contribution in [2.75, 3.05) is 11.1 Å². The summed E-state index contributed by atoms with van der Waals surface area (Å²) in [6.07, 6.45) is 1.71. The topological polar surface area (TPSA) is 102 Å². The predicted molar refractivity (Wildman–Crippen MR) is 122 cm³/mol. The molecule has 0 fully saturated rings. The van der Waals surface area contributed by atoms with Crippen LogP contribution in [0.1, 0.15) is 21.9 Å². The van der Waals surface area contributed by atoms with Crippen LogP contribution in [0.5, 0.6) is 0 Å². The molecule has 0 aliphatic heterocycles. The Hall–Kier alpha value is -2.50. The van der Waals surface area contributed by atoms with E-state index < -0.39 is 0 Å². The van der Waals surface area contributed by atoms with Gasteiger partial charge in [-0.3, -0.25) is 9.59 Å². The van der Waals surface area contributed by atoms with Crippen LogP contribution < -0.4 is 10.6 Å². The molecule has 1 aromatic carbocycles. The highest BCUT2D eigenvalue weighted by Crippen LogP contribution is 2.20. The van der Waals surface area contributed by atoms with Gasteiger partial charge in [0.15, 0.2) is 16.1 Å². The van der Waals surface area contributed by atoms with Crippen molar-refractivity contribution in [3.63, 3.8) is 0 Å². The van der Waals surface area contributed by atoms with E-state index in [0.717, 1.165) is 5.69 Å². The van der Waals surface area contributed by atoms with Gasteiger partial charge in [-0.2, -0.15) is 0 Å². The number of hydrogen-bond acceptors (Lipinski definition) is 7. The number of aryl methyl sites for hydroxylation is 1. The number of carbonyl (C=O) groups excluding carboxylic acids is 2. The van der Waals surface area contributed by atoms with Crippen molar-refractivity contribution in [2.24, 2.45) is 0 Å². The summed E-state index contributed by atoms with van der Waals surface area (Å²) < 4.78 is 2.53. The Morgan fingerprint density at radius 1 is 1.33 bits per heavy atom. The Kier molecular flexibility index (Phi) is 7.77. The highest BCUT2D eigenvalue weighted by atomic mass is 79.9. The van der Waals surface area contributed by atoms with Crippen LogP contribution >= 0.6 is 39.0 Å². The fraction of sp³-hybridized carbons (Fsp3) is 0.211. The van der Waals surface area contributed by atoms with E-state index in [-0.39, 0.29) is 24.1 Å². The van der Waals surface area contributed by atoms with E-state index >= 15 is 0 Å². The molecular weight excluding hydrogens is 488 g/mol. The molecule has 0 saturated carbocycles. The molecule has 0 saturated heterocycles. The average molecular weight is 507 g/mol. The molecule has 2 heterocycles. The van der Waals surface area contributed by atoms with Crippen LogP contribution in [0, 0.1) is 6.92 Å². The molecule has 0 aliphatic rings. The number of allylic oxidation sites excluding steroid dienone is 1. The number of nitrogens with one attached hydrogen (secondary N) is 2. The lowest BCUT2D eigenvalue weighted by Crippen LogP contribution is -2.25. The number of rotatable bonds is 9. The number of carbonyl (C=O) groups is 2. The van der Waals surface area contributed by atoms with Crippen LogP contribution in [0.2, 0.25) is 0 Å². The third-order valence-electron chi connectivity index (χ3n) is 3.83. The van der Waals surface area contributed by atoms with E-state index in [9.17, 15) is 9.59 Å². The van der Waals surface area contributed by atoms with Crippen molar-refractivity contribution >= 4 is 56.0 Å². The first-order valence-corrected chi connectivity index (χ1v) is 11.5. The number of anilines is 1. The SMILES string of the molecule is C=CCn1c(CNC(=O)c2ccccc2Br)nnc1SCC(=O)Nc1nc(C)cs1. The van der Waals surface area contributed by atoms with Crippen molar-refractivity contribution in [2.45, 2.75) is 25.2 Å². The third-order valence-corrected chi connectivity index (χ3v) is 6.36. The summed E-state index contributed by atoms with van der Waals surface area (Å²) >= 11 is 6.02. The van der Waals surface area contributed by atoms with Crippen LogP contribution in [0.4, 0.5) is 5.13 Å². The van der Waals surface area contributed by atoms with E-state index in [1.54, 1.807) is 18.2 Å². The zero-order valence-electron chi connectivity index (χ0n) is 16.1. The number of benzene rings is 1. The molecule has 3 rings (SSSR count). The average Bonchev–Trinajstić information content (AvgIpc) is 3.31. The first-order valence-electron chi connectivity index (χ1n) is 8.88. The minimum atomic E-state index is -0.219. The van der Waals surface area contributed by atoms with Crippen molar-refractivity contribution in [1.82, 2.24) is 25.1 Å². The Morgan fingerprint density at radius 3 is 2.83 bits per heavy atom. The second-order valence-electron chi connectivity index (χ2n) is 6.09. The number of amides is 2. The van der Waals surface area contributed by atoms with E-state index in [4.69, 9.17) is 0 Å². The molecule has 2 N–H and O–H groups in total. The molecule has 0 atom stereocenters. The minimum Gasteiger partial charge on any atom is -0.345 e. The normalized spacial score (nSPS) is 10.6. The first-order chi connectivity index (χ1) is 14.5. The van der Waals surface area contributed by atoms with Gasteiger partial charge in [-0.15, -0.1) is 28.1 Å². The summed E-state index contributed by atoms with van der Waals surface area (Å²) in [4.78, 5) is 28.8. The van der Waals surface area contributed by atoms with Gasteiger partial charge in [-0.1, -0.05) is 30.0 Å². The Morgan fingerprint density at radius 2 is 2.13 bits per heavy atom. The summed E-state index contributed by atoms with van der Waals surface area (Å²) in [5.74, 6) is 0.347. The molecule has 156 valence electrons. The van der Waals surface area contributed by atoms with Crippen LogP contribution in [-0.2, 0) is 17.9 Å². The zero-order valence-corrected chi connectivity index (χ0v) is 19.3. The van der Waals surface area contributed by atoms with E-state index in [0.29, 0.717) is 32.7 Å². The van der Waals surface area contributed by atoms with Crippen LogP contribution in [0.25, 0.3) is 0 Å². The molecular formula is C19H19BrN6O2S2. The molecule has 3 aromatic rings. The summed E-state index contributed by atoms with van der Waals surface area (Å²) in [5.41, 5.74) is 1.40. The standard InChI is InChI=1S/C19H19BrN6O2S2/c1-3-8-26-15(9-21-17(28)13-6-4-5-7-14(13)20)24-25-19(26)30-11-16(27)23-18-22-12(2)10-29-18/h3-7,10H,1,8-9,11H2,2H3,(H,21,28)(H,22,23,27). The maximum atomic E-state index is 12.4. The van der Waals surface area contributed by atoms with Crippen LogP contribution in [0.15, 0.2) is 51.9 Å².